The molecule has 2 nitrogen and oxygen atoms in total. The molecule has 0 heterocycles. The van der Waals surface area contributed by atoms with E-state index in [1.807, 2.05) is 30.3 Å². The molecule has 0 aromatic heterocycles. The second-order valence-corrected chi connectivity index (χ2v) is 11.0. The van der Waals surface area contributed by atoms with Crippen LogP contribution in [-0.4, -0.2) is 17.5 Å². The van der Waals surface area contributed by atoms with E-state index in [-0.39, 0.29) is 6.04 Å². The quantitative estimate of drug-likeness (QED) is 0.281. The molecule has 0 spiro atoms. The Hall–Kier alpha value is -3.33. The lowest BCUT2D eigenvalue weighted by Gasteiger charge is -2.32. The summed E-state index contributed by atoms with van der Waals surface area (Å²) in [5.41, 5.74) is 7.53. The molecule has 2 aliphatic rings. The zero-order valence-corrected chi connectivity index (χ0v) is 24.2. The Balaban J connectivity index is 1.68. The van der Waals surface area contributed by atoms with Gasteiger partial charge in [0.1, 0.15) is 5.67 Å². The van der Waals surface area contributed by atoms with Gasteiger partial charge in [0, 0.05) is 18.3 Å². The van der Waals surface area contributed by atoms with Crippen LogP contribution in [0.25, 0.3) is 5.57 Å². The van der Waals surface area contributed by atoms with Crippen LogP contribution in [0.5, 0.6) is 0 Å². The van der Waals surface area contributed by atoms with Gasteiger partial charge in [-0.1, -0.05) is 92.8 Å². The number of unbranched alkanes of at least 4 members (excludes halogenated alkanes) is 1. The van der Waals surface area contributed by atoms with Gasteiger partial charge in [0.15, 0.2) is 0 Å². The van der Waals surface area contributed by atoms with Crippen molar-refractivity contribution in [2.24, 2.45) is 0 Å². The maximum Gasteiger partial charge on any atom is 0.130 e. The number of rotatable bonds is 12. The fraction of sp³-hybridized carbons (Fsp3) is 0.371. The number of alkyl halides is 1. The van der Waals surface area contributed by atoms with Crippen LogP contribution in [0.1, 0.15) is 78.4 Å². The van der Waals surface area contributed by atoms with E-state index in [2.05, 4.69) is 87.5 Å². The van der Waals surface area contributed by atoms with E-state index in [0.717, 1.165) is 60.5 Å². The van der Waals surface area contributed by atoms with Crippen molar-refractivity contribution in [3.05, 3.63) is 125 Å². The van der Waals surface area contributed by atoms with Crippen LogP contribution in [0.4, 0.5) is 4.39 Å². The lowest BCUT2D eigenvalue weighted by Crippen LogP contribution is -2.36. The minimum atomic E-state index is -1.38. The summed E-state index contributed by atoms with van der Waals surface area (Å²) in [6.45, 7) is 21.4. The molecule has 1 aromatic carbocycles. The van der Waals surface area contributed by atoms with Crippen molar-refractivity contribution in [1.82, 2.24) is 10.2 Å². The first kappa shape index (κ1) is 29.2. The molecule has 3 rings (SSSR count). The predicted molar refractivity (Wildman–Crippen MR) is 163 cm³/mol. The topological polar surface area (TPSA) is 15.3 Å². The van der Waals surface area contributed by atoms with Crippen LogP contribution < -0.4 is 5.32 Å². The van der Waals surface area contributed by atoms with Crippen molar-refractivity contribution < 1.29 is 4.39 Å². The molecule has 1 atom stereocenters. The maximum absolute atomic E-state index is 14.4. The minimum absolute atomic E-state index is 0.224. The number of nitrogens with one attached hydrogen (secondary N) is 1. The van der Waals surface area contributed by atoms with Crippen molar-refractivity contribution in [2.45, 2.75) is 78.9 Å². The molecule has 1 aromatic rings. The van der Waals surface area contributed by atoms with Gasteiger partial charge < -0.3 is 10.2 Å². The fourth-order valence-corrected chi connectivity index (χ4v) is 4.68. The Morgan fingerprint density at radius 2 is 1.95 bits per heavy atom. The highest BCUT2D eigenvalue weighted by atomic mass is 19.1. The van der Waals surface area contributed by atoms with Crippen LogP contribution in [0, 0.1) is 0 Å². The van der Waals surface area contributed by atoms with E-state index < -0.39 is 5.67 Å². The number of hydrogen-bond donors (Lipinski definition) is 1. The SMILES string of the molecule is C=C(/C=C\C(C)=C(/C)N(CCCC)C(=C)NC1C=CC(C2=CC=C(C)C2)=CC1)c1cccc(C(C)(C)F)c1. The summed E-state index contributed by atoms with van der Waals surface area (Å²) in [6, 6.07) is 7.80. The molecule has 202 valence electrons. The molecule has 0 bridgehead atoms. The normalized spacial score (nSPS) is 18.1. The summed E-state index contributed by atoms with van der Waals surface area (Å²) in [5.74, 6) is 0.921. The third-order valence-corrected chi connectivity index (χ3v) is 7.35. The van der Waals surface area contributed by atoms with Crippen LogP contribution in [-0.2, 0) is 5.67 Å². The second-order valence-electron chi connectivity index (χ2n) is 11.0. The van der Waals surface area contributed by atoms with Crippen molar-refractivity contribution in [1.29, 1.82) is 0 Å². The van der Waals surface area contributed by atoms with Crippen LogP contribution in [0.15, 0.2) is 114 Å². The van der Waals surface area contributed by atoms with E-state index in [4.69, 9.17) is 0 Å². The molecule has 0 fully saturated rings. The number of allylic oxidation sites excluding steroid dienone is 11. The molecule has 0 radical (unpaired) electrons. The predicted octanol–water partition coefficient (Wildman–Crippen LogP) is 9.45. The summed E-state index contributed by atoms with van der Waals surface area (Å²) < 4.78 is 14.4. The minimum Gasteiger partial charge on any atom is -0.365 e. The Labute approximate surface area is 230 Å². The molecule has 1 unspecified atom stereocenters. The molecule has 0 amide bonds. The van der Waals surface area contributed by atoms with Gasteiger partial charge in [0.25, 0.3) is 0 Å². The zero-order valence-electron chi connectivity index (χ0n) is 24.2. The highest BCUT2D eigenvalue weighted by Crippen LogP contribution is 2.29. The van der Waals surface area contributed by atoms with E-state index in [9.17, 15) is 4.39 Å². The molecule has 2 aliphatic carbocycles. The van der Waals surface area contributed by atoms with E-state index in [0.29, 0.717) is 5.56 Å². The largest absolute Gasteiger partial charge is 0.365 e. The van der Waals surface area contributed by atoms with Crippen LogP contribution in [0.2, 0.25) is 0 Å². The number of hydrogen-bond acceptors (Lipinski definition) is 2. The summed E-state index contributed by atoms with van der Waals surface area (Å²) >= 11 is 0. The monoisotopic (exact) mass is 512 g/mol. The summed E-state index contributed by atoms with van der Waals surface area (Å²) in [5, 5.41) is 3.65. The Morgan fingerprint density at radius 1 is 1.18 bits per heavy atom. The molecule has 0 saturated heterocycles. The fourth-order valence-electron chi connectivity index (χ4n) is 4.68. The lowest BCUT2D eigenvalue weighted by atomic mass is 9.95. The molecule has 1 N–H and O–H groups in total. The van der Waals surface area contributed by atoms with Gasteiger partial charge >= 0.3 is 0 Å². The highest BCUT2D eigenvalue weighted by molar-refractivity contribution is 5.73. The van der Waals surface area contributed by atoms with Gasteiger partial charge in [-0.3, -0.25) is 0 Å². The first-order valence-electron chi connectivity index (χ1n) is 13.8. The number of benzene rings is 1. The van der Waals surface area contributed by atoms with Gasteiger partial charge in [-0.2, -0.15) is 0 Å². The van der Waals surface area contributed by atoms with Crippen LogP contribution in [0.3, 0.4) is 0 Å². The molecule has 38 heavy (non-hydrogen) atoms. The maximum atomic E-state index is 14.4. The third kappa shape index (κ3) is 7.84. The van der Waals surface area contributed by atoms with E-state index in [1.54, 1.807) is 13.8 Å². The molecule has 0 saturated carbocycles. The van der Waals surface area contributed by atoms with Crippen molar-refractivity contribution in [2.75, 3.05) is 6.54 Å². The summed E-state index contributed by atoms with van der Waals surface area (Å²) in [6.07, 6.45) is 19.6. The Bertz CT molecular complexity index is 1230. The van der Waals surface area contributed by atoms with E-state index >= 15 is 0 Å². The Kier molecular flexibility index (Phi) is 9.96. The van der Waals surface area contributed by atoms with Gasteiger partial charge in [-0.05, 0) is 93.4 Å². The number of nitrogens with zero attached hydrogens (tertiary/aromatic N) is 1. The zero-order chi connectivity index (χ0) is 27.9. The first-order valence-corrected chi connectivity index (χ1v) is 13.8. The highest BCUT2D eigenvalue weighted by Gasteiger charge is 2.19. The smallest absolute Gasteiger partial charge is 0.130 e. The van der Waals surface area contributed by atoms with E-state index in [1.165, 1.54) is 16.7 Å². The van der Waals surface area contributed by atoms with Gasteiger partial charge in [-0.25, -0.2) is 4.39 Å². The van der Waals surface area contributed by atoms with Crippen LogP contribution >= 0.6 is 0 Å². The Morgan fingerprint density at radius 3 is 2.55 bits per heavy atom. The molecular weight excluding hydrogens is 467 g/mol. The van der Waals surface area contributed by atoms with Gasteiger partial charge in [0.2, 0.25) is 0 Å². The molecule has 3 heteroatoms. The summed E-state index contributed by atoms with van der Waals surface area (Å²) in [7, 11) is 0. The molecule has 0 aliphatic heterocycles. The summed E-state index contributed by atoms with van der Waals surface area (Å²) in [4.78, 5) is 2.29. The molecular formula is C35H45FN2. The average Bonchev–Trinajstić information content (AvgIpc) is 3.33. The lowest BCUT2D eigenvalue weighted by molar-refractivity contribution is 0.221. The second kappa shape index (κ2) is 13.0. The first-order chi connectivity index (χ1) is 18.0. The third-order valence-electron chi connectivity index (χ3n) is 7.35. The average molecular weight is 513 g/mol. The van der Waals surface area contributed by atoms with Crippen molar-refractivity contribution in [3.63, 3.8) is 0 Å². The van der Waals surface area contributed by atoms with Gasteiger partial charge in [-0.15, -0.1) is 0 Å². The standard InChI is InChI=1S/C35H45FN2/c1-9-10-22-38(29(6)37-34-20-18-30(19-21-34)32-17-14-25(2)23-32)28(5)26(3)15-16-27(4)31-12-11-13-33(24-31)35(7,8)36/h11-20,24,34,37H,4,6,9-10,21-23H2,1-3,5,7-8H3/b16-15-,28-26+. The van der Waals surface area contributed by atoms with Crippen molar-refractivity contribution >= 4 is 5.57 Å². The van der Waals surface area contributed by atoms with Gasteiger partial charge in [0.05, 0.1) is 5.82 Å². The van der Waals surface area contributed by atoms with Crippen molar-refractivity contribution in [3.8, 4) is 0 Å². The number of halogens is 1.